The molecule has 3 amide bonds. The molecule has 1 N–H and O–H groups in total. The molecule has 0 radical (unpaired) electrons. The van der Waals surface area contributed by atoms with Crippen LogP contribution in [-0.2, 0) is 4.79 Å². The number of carbonyl (C=O) groups is 2. The largest absolute Gasteiger partial charge is 0.342 e. The molecule has 134 valence electrons. The van der Waals surface area contributed by atoms with Crippen LogP contribution in [0.5, 0.6) is 0 Å². The van der Waals surface area contributed by atoms with Gasteiger partial charge in [-0.25, -0.2) is 4.79 Å². The fraction of sp³-hybridized carbons (Fsp3) is 0.895. The Morgan fingerprint density at radius 3 is 2.17 bits per heavy atom. The van der Waals surface area contributed by atoms with Crippen molar-refractivity contribution in [2.75, 3.05) is 26.2 Å². The van der Waals surface area contributed by atoms with Crippen LogP contribution in [-0.4, -0.2) is 54.0 Å². The SMILES string of the molecule is O=C(NC1CCCC1)N1CCCC(C(=O)N2CC3CCCC3C2)C1. The summed E-state index contributed by atoms with van der Waals surface area (Å²) in [6, 6.07) is 0.407. The maximum atomic E-state index is 12.9. The van der Waals surface area contributed by atoms with Crippen molar-refractivity contribution in [2.24, 2.45) is 17.8 Å². The van der Waals surface area contributed by atoms with Crippen LogP contribution in [0.15, 0.2) is 0 Å². The molecule has 0 spiro atoms. The number of urea groups is 1. The molecule has 3 atom stereocenters. The average molecular weight is 333 g/mol. The molecule has 4 fully saturated rings. The third-order valence-electron chi connectivity index (χ3n) is 6.78. The zero-order valence-electron chi connectivity index (χ0n) is 14.7. The van der Waals surface area contributed by atoms with Gasteiger partial charge in [0.05, 0.1) is 5.92 Å². The molecule has 4 aliphatic rings. The Balaban J connectivity index is 1.31. The number of rotatable bonds is 2. The molecule has 24 heavy (non-hydrogen) atoms. The Labute approximate surface area is 145 Å². The van der Waals surface area contributed by atoms with E-state index in [1.807, 2.05) is 4.90 Å². The van der Waals surface area contributed by atoms with Crippen LogP contribution < -0.4 is 5.32 Å². The molecule has 2 aliphatic carbocycles. The minimum atomic E-state index is 0.0203. The maximum absolute atomic E-state index is 12.9. The van der Waals surface area contributed by atoms with Crippen molar-refractivity contribution in [1.82, 2.24) is 15.1 Å². The second kappa shape index (κ2) is 6.93. The van der Waals surface area contributed by atoms with Crippen LogP contribution in [0.4, 0.5) is 4.79 Å². The van der Waals surface area contributed by atoms with Crippen molar-refractivity contribution in [3.05, 3.63) is 0 Å². The lowest BCUT2D eigenvalue weighted by Crippen LogP contribution is -2.51. The molecule has 0 bridgehead atoms. The monoisotopic (exact) mass is 333 g/mol. The molecule has 2 heterocycles. The summed E-state index contributed by atoms with van der Waals surface area (Å²) in [5.41, 5.74) is 0. The van der Waals surface area contributed by atoms with Gasteiger partial charge in [-0.05, 0) is 50.4 Å². The second-order valence-corrected chi connectivity index (χ2v) is 8.41. The number of fused-ring (bicyclic) bond motifs is 1. The first kappa shape index (κ1) is 16.2. The maximum Gasteiger partial charge on any atom is 0.317 e. The van der Waals surface area contributed by atoms with Crippen molar-refractivity contribution in [2.45, 2.75) is 63.8 Å². The molecule has 0 aromatic rings. The van der Waals surface area contributed by atoms with Gasteiger partial charge in [0, 0.05) is 32.2 Å². The summed E-state index contributed by atoms with van der Waals surface area (Å²) in [6.07, 6.45) is 10.5. The smallest absolute Gasteiger partial charge is 0.317 e. The minimum Gasteiger partial charge on any atom is -0.342 e. The van der Waals surface area contributed by atoms with Crippen molar-refractivity contribution >= 4 is 11.9 Å². The molecule has 0 aromatic carbocycles. The van der Waals surface area contributed by atoms with Crippen LogP contribution in [0, 0.1) is 17.8 Å². The van der Waals surface area contributed by atoms with Crippen LogP contribution in [0.1, 0.15) is 57.8 Å². The predicted octanol–water partition coefficient (Wildman–Crippen LogP) is 2.61. The zero-order chi connectivity index (χ0) is 16.5. The van der Waals surface area contributed by atoms with Gasteiger partial charge >= 0.3 is 6.03 Å². The summed E-state index contributed by atoms with van der Waals surface area (Å²) in [7, 11) is 0. The molecule has 4 rings (SSSR count). The van der Waals surface area contributed by atoms with E-state index >= 15 is 0 Å². The minimum absolute atomic E-state index is 0.0203. The number of hydrogen-bond donors (Lipinski definition) is 1. The van der Waals surface area contributed by atoms with Crippen molar-refractivity contribution in [3.63, 3.8) is 0 Å². The van der Waals surface area contributed by atoms with E-state index in [2.05, 4.69) is 10.2 Å². The molecule has 0 aromatic heterocycles. The lowest BCUT2D eigenvalue weighted by molar-refractivity contribution is -0.136. The van der Waals surface area contributed by atoms with Gasteiger partial charge in [0.2, 0.25) is 5.91 Å². The highest BCUT2D eigenvalue weighted by atomic mass is 16.2. The first-order valence-electron chi connectivity index (χ1n) is 10.0. The highest BCUT2D eigenvalue weighted by Crippen LogP contribution is 2.38. The lowest BCUT2D eigenvalue weighted by Gasteiger charge is -2.34. The zero-order valence-corrected chi connectivity index (χ0v) is 14.7. The van der Waals surface area contributed by atoms with E-state index in [1.54, 1.807) is 0 Å². The molecule has 3 unspecified atom stereocenters. The Morgan fingerprint density at radius 1 is 0.750 bits per heavy atom. The third kappa shape index (κ3) is 3.27. The van der Waals surface area contributed by atoms with Crippen molar-refractivity contribution in [1.29, 1.82) is 0 Å². The first-order chi connectivity index (χ1) is 11.7. The third-order valence-corrected chi connectivity index (χ3v) is 6.78. The van der Waals surface area contributed by atoms with Crippen molar-refractivity contribution < 1.29 is 9.59 Å². The standard InChI is InChI=1S/C19H31N3O2/c23-18(22-11-14-5-3-6-15(14)12-22)16-7-4-10-21(13-16)19(24)20-17-8-1-2-9-17/h14-17H,1-13H2,(H,20,24). The number of nitrogens with zero attached hydrogens (tertiary/aromatic N) is 2. The predicted molar refractivity (Wildman–Crippen MR) is 92.5 cm³/mol. The normalized spacial score (nSPS) is 33.8. The van der Waals surface area contributed by atoms with Gasteiger partial charge in [-0.15, -0.1) is 0 Å². The van der Waals surface area contributed by atoms with E-state index in [0.717, 1.165) is 57.2 Å². The van der Waals surface area contributed by atoms with E-state index in [0.29, 0.717) is 18.5 Å². The number of carbonyl (C=O) groups excluding carboxylic acids is 2. The number of likely N-dealkylation sites (tertiary alicyclic amines) is 2. The Morgan fingerprint density at radius 2 is 1.46 bits per heavy atom. The molecule has 2 saturated heterocycles. The first-order valence-corrected chi connectivity index (χ1v) is 10.0. The van der Waals surface area contributed by atoms with E-state index in [1.165, 1.54) is 32.1 Å². The fourth-order valence-corrected chi connectivity index (χ4v) is 5.37. The van der Waals surface area contributed by atoms with Crippen LogP contribution in [0.25, 0.3) is 0 Å². The second-order valence-electron chi connectivity index (χ2n) is 8.41. The van der Waals surface area contributed by atoms with Crippen LogP contribution in [0.3, 0.4) is 0 Å². The van der Waals surface area contributed by atoms with Gasteiger partial charge in [-0.2, -0.15) is 0 Å². The van der Waals surface area contributed by atoms with Gasteiger partial charge in [-0.3, -0.25) is 4.79 Å². The van der Waals surface area contributed by atoms with Crippen molar-refractivity contribution in [3.8, 4) is 0 Å². The van der Waals surface area contributed by atoms with Gasteiger partial charge in [-0.1, -0.05) is 19.3 Å². The van der Waals surface area contributed by atoms with E-state index in [-0.39, 0.29) is 11.9 Å². The lowest BCUT2D eigenvalue weighted by atomic mass is 9.96. The molecular weight excluding hydrogens is 302 g/mol. The summed E-state index contributed by atoms with van der Waals surface area (Å²) in [5.74, 6) is 1.83. The summed E-state index contributed by atoms with van der Waals surface area (Å²) in [6.45, 7) is 3.35. The Bertz CT molecular complexity index is 477. The molecule has 5 nitrogen and oxygen atoms in total. The van der Waals surface area contributed by atoms with E-state index in [9.17, 15) is 9.59 Å². The number of nitrogens with one attached hydrogen (secondary N) is 1. The van der Waals surface area contributed by atoms with Gasteiger partial charge in [0.1, 0.15) is 0 Å². The summed E-state index contributed by atoms with van der Waals surface area (Å²) >= 11 is 0. The topological polar surface area (TPSA) is 52.7 Å². The molecule has 5 heteroatoms. The highest BCUT2D eigenvalue weighted by Gasteiger charge is 2.40. The summed E-state index contributed by atoms with van der Waals surface area (Å²) < 4.78 is 0. The average Bonchev–Trinajstić information content (AvgIpc) is 3.31. The number of piperidine rings is 1. The van der Waals surface area contributed by atoms with E-state index in [4.69, 9.17) is 0 Å². The molecular formula is C19H31N3O2. The molecule has 2 saturated carbocycles. The van der Waals surface area contributed by atoms with Crippen LogP contribution in [0.2, 0.25) is 0 Å². The van der Waals surface area contributed by atoms with Crippen LogP contribution >= 0.6 is 0 Å². The quantitative estimate of drug-likeness (QED) is 0.844. The van der Waals surface area contributed by atoms with Gasteiger partial charge in [0.25, 0.3) is 0 Å². The van der Waals surface area contributed by atoms with E-state index < -0.39 is 0 Å². The fourth-order valence-electron chi connectivity index (χ4n) is 5.37. The van der Waals surface area contributed by atoms with Gasteiger partial charge in [0.15, 0.2) is 0 Å². The number of hydrogen-bond acceptors (Lipinski definition) is 2. The number of amides is 3. The Kier molecular flexibility index (Phi) is 4.68. The molecule has 2 aliphatic heterocycles. The highest BCUT2D eigenvalue weighted by molar-refractivity contribution is 5.81. The Hall–Kier alpha value is -1.26. The summed E-state index contributed by atoms with van der Waals surface area (Å²) in [4.78, 5) is 29.4. The van der Waals surface area contributed by atoms with Gasteiger partial charge < -0.3 is 15.1 Å². The summed E-state index contributed by atoms with van der Waals surface area (Å²) in [5, 5.41) is 3.17.